The Morgan fingerprint density at radius 3 is 2.89 bits per heavy atom. The molecule has 2 aromatic carbocycles. The molecule has 0 fully saturated rings. The van der Waals surface area contributed by atoms with Crippen LogP contribution in [0.15, 0.2) is 54.9 Å². The number of carbonyl (C=O) groups is 1. The summed E-state index contributed by atoms with van der Waals surface area (Å²) >= 11 is 0. The van der Waals surface area contributed by atoms with Gasteiger partial charge in [0, 0.05) is 19.2 Å². The molecular weight excluding hydrogens is 354 g/mol. The van der Waals surface area contributed by atoms with Crippen molar-refractivity contribution in [3.63, 3.8) is 0 Å². The van der Waals surface area contributed by atoms with E-state index in [-0.39, 0.29) is 5.91 Å². The fourth-order valence-electron chi connectivity index (χ4n) is 2.94. The third-order valence-electron chi connectivity index (χ3n) is 4.32. The van der Waals surface area contributed by atoms with Gasteiger partial charge in [-0.05, 0) is 49.2 Å². The third-order valence-corrected chi connectivity index (χ3v) is 4.32. The molecule has 1 N–H and O–H groups in total. The van der Waals surface area contributed by atoms with Gasteiger partial charge in [0.2, 0.25) is 5.91 Å². The fraction of sp³-hybridized carbons (Fsp3) is 0.273. The lowest BCUT2D eigenvalue weighted by molar-refractivity contribution is -0.116. The van der Waals surface area contributed by atoms with Gasteiger partial charge in [-0.1, -0.05) is 18.2 Å². The lowest BCUT2D eigenvalue weighted by Gasteiger charge is -2.09. The first-order chi connectivity index (χ1) is 13.7. The minimum atomic E-state index is -0.122. The summed E-state index contributed by atoms with van der Waals surface area (Å²) in [5.74, 6) is 1.22. The van der Waals surface area contributed by atoms with Gasteiger partial charge in [-0.15, -0.1) is 0 Å². The molecule has 0 aliphatic rings. The zero-order valence-electron chi connectivity index (χ0n) is 16.2. The van der Waals surface area contributed by atoms with E-state index in [1.54, 1.807) is 13.2 Å². The molecule has 0 aliphatic carbocycles. The van der Waals surface area contributed by atoms with Crippen molar-refractivity contribution in [1.82, 2.24) is 14.9 Å². The number of carbonyl (C=O) groups excluding carboxylic acids is 1. The van der Waals surface area contributed by atoms with Gasteiger partial charge in [-0.2, -0.15) is 0 Å². The number of hydrogen-bond acceptors (Lipinski definition) is 4. The molecule has 0 saturated heterocycles. The second-order valence-electron chi connectivity index (χ2n) is 6.25. The lowest BCUT2D eigenvalue weighted by Crippen LogP contribution is -2.23. The summed E-state index contributed by atoms with van der Waals surface area (Å²) in [7, 11) is 1.60. The Balaban J connectivity index is 1.47. The molecule has 0 atom stereocenters. The molecule has 1 amide bonds. The number of ether oxygens (including phenoxy) is 2. The fourth-order valence-corrected chi connectivity index (χ4v) is 2.94. The maximum absolute atomic E-state index is 12.0. The van der Waals surface area contributed by atoms with Crippen LogP contribution in [0.1, 0.15) is 18.9 Å². The van der Waals surface area contributed by atoms with Crippen molar-refractivity contribution in [1.29, 1.82) is 0 Å². The predicted octanol–water partition coefficient (Wildman–Crippen LogP) is 3.66. The number of nitrogens with one attached hydrogen (secondary N) is 1. The van der Waals surface area contributed by atoms with Crippen LogP contribution in [0.25, 0.3) is 17.1 Å². The van der Waals surface area contributed by atoms with Crippen LogP contribution in [-0.4, -0.2) is 35.7 Å². The van der Waals surface area contributed by atoms with Crippen molar-refractivity contribution in [2.24, 2.45) is 0 Å². The van der Waals surface area contributed by atoms with Crippen LogP contribution in [0, 0.1) is 0 Å². The Kier molecular flexibility index (Phi) is 6.68. The normalized spacial score (nSPS) is 11.1. The highest BCUT2D eigenvalue weighted by Gasteiger charge is 2.04. The van der Waals surface area contributed by atoms with Gasteiger partial charge in [0.25, 0.3) is 0 Å². The number of amides is 1. The number of benzene rings is 2. The standard InChI is InChI=1S/C22H25N3O3/c1-3-28-20-11-9-17(15-21(20)27-2)10-12-22(26)23-13-6-14-25-16-24-18-7-4-5-8-19(18)25/h4-5,7-12,15-16H,3,6,13-14H2,1-2H3,(H,23,26)/b12-10+. The number of aromatic nitrogens is 2. The Morgan fingerprint density at radius 2 is 2.07 bits per heavy atom. The van der Waals surface area contributed by atoms with Crippen molar-refractivity contribution in [3.05, 3.63) is 60.4 Å². The molecule has 28 heavy (non-hydrogen) atoms. The Hall–Kier alpha value is -3.28. The van der Waals surface area contributed by atoms with Crippen molar-refractivity contribution in [3.8, 4) is 11.5 Å². The second-order valence-corrected chi connectivity index (χ2v) is 6.25. The van der Waals surface area contributed by atoms with Crippen LogP contribution in [0.4, 0.5) is 0 Å². The van der Waals surface area contributed by atoms with E-state index in [2.05, 4.69) is 20.9 Å². The van der Waals surface area contributed by atoms with Crippen molar-refractivity contribution < 1.29 is 14.3 Å². The maximum atomic E-state index is 12.0. The van der Waals surface area contributed by atoms with Crippen molar-refractivity contribution in [2.75, 3.05) is 20.3 Å². The summed E-state index contributed by atoms with van der Waals surface area (Å²) in [5, 5.41) is 2.91. The molecular formula is C22H25N3O3. The molecule has 3 aromatic rings. The first-order valence-corrected chi connectivity index (χ1v) is 9.38. The lowest BCUT2D eigenvalue weighted by atomic mass is 10.2. The molecule has 0 spiro atoms. The van der Waals surface area contributed by atoms with Crippen molar-refractivity contribution in [2.45, 2.75) is 19.9 Å². The topological polar surface area (TPSA) is 65.4 Å². The largest absolute Gasteiger partial charge is 0.493 e. The van der Waals surface area contributed by atoms with Gasteiger partial charge in [-0.3, -0.25) is 4.79 Å². The maximum Gasteiger partial charge on any atom is 0.244 e. The SMILES string of the molecule is CCOc1ccc(/C=C/C(=O)NCCCn2cnc3ccccc32)cc1OC. The zero-order chi connectivity index (χ0) is 19.8. The van der Waals surface area contributed by atoms with Crippen LogP contribution in [0.2, 0.25) is 0 Å². The molecule has 3 rings (SSSR count). The van der Waals surface area contributed by atoms with Crippen molar-refractivity contribution >= 4 is 23.0 Å². The van der Waals surface area contributed by atoms with E-state index in [4.69, 9.17) is 9.47 Å². The molecule has 146 valence electrons. The van der Waals surface area contributed by atoms with Gasteiger partial charge in [0.15, 0.2) is 11.5 Å². The summed E-state index contributed by atoms with van der Waals surface area (Å²) in [6.07, 6.45) is 5.96. The number of rotatable bonds is 9. The molecule has 0 radical (unpaired) electrons. The Labute approximate surface area is 164 Å². The Bertz CT molecular complexity index is 963. The van der Waals surface area contributed by atoms with E-state index in [9.17, 15) is 4.79 Å². The molecule has 0 aliphatic heterocycles. The first-order valence-electron chi connectivity index (χ1n) is 9.38. The second kappa shape index (κ2) is 9.60. The highest BCUT2D eigenvalue weighted by Crippen LogP contribution is 2.28. The predicted molar refractivity (Wildman–Crippen MR) is 111 cm³/mol. The summed E-state index contributed by atoms with van der Waals surface area (Å²) in [6.45, 7) is 3.90. The van der Waals surface area contributed by atoms with E-state index < -0.39 is 0 Å². The molecule has 0 bridgehead atoms. The van der Waals surface area contributed by atoms with Gasteiger partial charge < -0.3 is 19.4 Å². The van der Waals surface area contributed by atoms with Crippen LogP contribution < -0.4 is 14.8 Å². The smallest absolute Gasteiger partial charge is 0.244 e. The first kappa shape index (κ1) is 19.5. The summed E-state index contributed by atoms with van der Waals surface area (Å²) in [5.41, 5.74) is 2.97. The van der Waals surface area contributed by atoms with E-state index >= 15 is 0 Å². The Morgan fingerprint density at radius 1 is 1.21 bits per heavy atom. The van der Waals surface area contributed by atoms with Crippen LogP contribution in [0.3, 0.4) is 0 Å². The third kappa shape index (κ3) is 4.91. The highest BCUT2D eigenvalue weighted by molar-refractivity contribution is 5.91. The average molecular weight is 379 g/mol. The number of methoxy groups -OCH3 is 1. The van der Waals surface area contributed by atoms with Gasteiger partial charge in [0.1, 0.15) is 0 Å². The monoisotopic (exact) mass is 379 g/mol. The summed E-state index contributed by atoms with van der Waals surface area (Å²) < 4.78 is 12.9. The molecule has 0 saturated carbocycles. The van der Waals surface area contributed by atoms with Gasteiger partial charge in [-0.25, -0.2) is 4.98 Å². The zero-order valence-corrected chi connectivity index (χ0v) is 16.2. The van der Waals surface area contributed by atoms with Crippen LogP contribution in [0.5, 0.6) is 11.5 Å². The molecule has 6 nitrogen and oxygen atoms in total. The van der Waals surface area contributed by atoms with Crippen LogP contribution in [-0.2, 0) is 11.3 Å². The van der Waals surface area contributed by atoms with E-state index in [0.29, 0.717) is 24.7 Å². The number of hydrogen-bond donors (Lipinski definition) is 1. The number of imidazole rings is 1. The molecule has 1 aromatic heterocycles. The van der Waals surface area contributed by atoms with Crippen LogP contribution >= 0.6 is 0 Å². The minimum Gasteiger partial charge on any atom is -0.493 e. The molecule has 1 heterocycles. The number of nitrogens with zero attached hydrogens (tertiary/aromatic N) is 2. The molecule has 0 unspecified atom stereocenters. The number of fused-ring (bicyclic) bond motifs is 1. The van der Waals surface area contributed by atoms with E-state index in [0.717, 1.165) is 29.6 Å². The summed E-state index contributed by atoms with van der Waals surface area (Å²) in [4.78, 5) is 16.4. The number of para-hydroxylation sites is 2. The van der Waals surface area contributed by atoms with Gasteiger partial charge in [0.05, 0.1) is 31.1 Å². The van der Waals surface area contributed by atoms with E-state index in [1.807, 2.05) is 49.6 Å². The minimum absolute atomic E-state index is 0.122. The highest BCUT2D eigenvalue weighted by atomic mass is 16.5. The number of aryl methyl sites for hydroxylation is 1. The van der Waals surface area contributed by atoms with Gasteiger partial charge >= 0.3 is 0 Å². The quantitative estimate of drug-likeness (QED) is 0.455. The average Bonchev–Trinajstić information content (AvgIpc) is 3.14. The molecule has 6 heteroatoms. The summed E-state index contributed by atoms with van der Waals surface area (Å²) in [6, 6.07) is 13.6. The van der Waals surface area contributed by atoms with E-state index in [1.165, 1.54) is 6.08 Å².